The second-order valence-corrected chi connectivity index (χ2v) is 7.47. The number of aryl methyl sites for hydroxylation is 1. The third-order valence-corrected chi connectivity index (χ3v) is 5.21. The van der Waals surface area contributed by atoms with Crippen LogP contribution in [0.5, 0.6) is 0 Å². The maximum Gasteiger partial charge on any atom is 0.281 e. The first-order valence-electron chi connectivity index (χ1n) is 7.77. The first-order chi connectivity index (χ1) is 11.6. The van der Waals surface area contributed by atoms with Gasteiger partial charge in [0, 0.05) is 16.5 Å². The molecule has 2 N–H and O–H groups in total. The third-order valence-electron chi connectivity index (χ3n) is 3.99. The van der Waals surface area contributed by atoms with E-state index in [1.807, 2.05) is 37.3 Å². The van der Waals surface area contributed by atoms with Crippen LogP contribution in [0.3, 0.4) is 0 Å². The van der Waals surface area contributed by atoms with Gasteiger partial charge in [0.2, 0.25) is 0 Å². The van der Waals surface area contributed by atoms with E-state index in [1.54, 1.807) is 0 Å². The Morgan fingerprint density at radius 1 is 1.33 bits per heavy atom. The fourth-order valence-electron chi connectivity index (χ4n) is 2.69. The average Bonchev–Trinajstić information content (AvgIpc) is 3.31. The molecular weight excluding hydrogens is 340 g/mol. The molecule has 0 aliphatic heterocycles. The molecule has 0 bridgehead atoms. The van der Waals surface area contributed by atoms with Crippen molar-refractivity contribution in [3.8, 4) is 11.1 Å². The molecule has 4 rings (SSSR count). The SMILES string of the molecule is Cc1sc2ncn(NC(=S)NC3CC3)c(=O)c2c1-c1ccccc1. The number of nitrogens with one attached hydrogen (secondary N) is 2. The quantitative estimate of drug-likeness (QED) is 0.707. The zero-order chi connectivity index (χ0) is 16.7. The van der Waals surface area contributed by atoms with Crippen LogP contribution in [0.1, 0.15) is 17.7 Å². The van der Waals surface area contributed by atoms with Gasteiger partial charge >= 0.3 is 0 Å². The number of benzene rings is 1. The van der Waals surface area contributed by atoms with Gasteiger partial charge in [0.25, 0.3) is 5.56 Å². The molecule has 1 aromatic carbocycles. The molecule has 0 atom stereocenters. The fourth-order valence-corrected chi connectivity index (χ4v) is 3.96. The maximum atomic E-state index is 13.0. The number of thiocarbonyl (C=S) groups is 1. The summed E-state index contributed by atoms with van der Waals surface area (Å²) in [4.78, 5) is 19.2. The zero-order valence-corrected chi connectivity index (χ0v) is 14.7. The highest BCUT2D eigenvalue weighted by atomic mass is 32.1. The highest BCUT2D eigenvalue weighted by Gasteiger charge is 2.22. The number of nitrogens with zero attached hydrogens (tertiary/aromatic N) is 2. The summed E-state index contributed by atoms with van der Waals surface area (Å²) in [6, 6.07) is 10.4. The van der Waals surface area contributed by atoms with Crippen LogP contribution in [0.2, 0.25) is 0 Å². The largest absolute Gasteiger partial charge is 0.359 e. The Morgan fingerprint density at radius 3 is 2.79 bits per heavy atom. The van der Waals surface area contributed by atoms with Gasteiger partial charge in [-0.2, -0.15) is 0 Å². The summed E-state index contributed by atoms with van der Waals surface area (Å²) in [5.41, 5.74) is 4.77. The average molecular weight is 356 g/mol. The Balaban J connectivity index is 1.79. The molecule has 1 aliphatic carbocycles. The van der Waals surface area contributed by atoms with Crippen molar-refractivity contribution in [1.29, 1.82) is 0 Å². The number of hydrogen-bond donors (Lipinski definition) is 2. The predicted octanol–water partition coefficient (Wildman–Crippen LogP) is 3.01. The smallest absolute Gasteiger partial charge is 0.281 e. The van der Waals surface area contributed by atoms with E-state index in [-0.39, 0.29) is 5.56 Å². The minimum atomic E-state index is -0.136. The van der Waals surface area contributed by atoms with Crippen LogP contribution in [0.4, 0.5) is 0 Å². The van der Waals surface area contributed by atoms with Crippen molar-refractivity contribution >= 4 is 38.9 Å². The summed E-state index contributed by atoms with van der Waals surface area (Å²) in [6.45, 7) is 2.02. The van der Waals surface area contributed by atoms with Gasteiger partial charge in [0.1, 0.15) is 11.2 Å². The molecule has 1 saturated carbocycles. The molecule has 3 aromatic rings. The first-order valence-corrected chi connectivity index (χ1v) is 8.99. The van der Waals surface area contributed by atoms with Gasteiger partial charge < -0.3 is 5.32 Å². The highest BCUT2D eigenvalue weighted by molar-refractivity contribution is 7.80. The molecule has 2 heterocycles. The molecule has 122 valence electrons. The van der Waals surface area contributed by atoms with E-state index in [2.05, 4.69) is 15.7 Å². The van der Waals surface area contributed by atoms with Crippen LogP contribution in [0.25, 0.3) is 21.3 Å². The van der Waals surface area contributed by atoms with Crippen LogP contribution >= 0.6 is 23.6 Å². The summed E-state index contributed by atoms with van der Waals surface area (Å²) in [6.07, 6.45) is 3.74. The molecule has 0 radical (unpaired) electrons. The molecule has 5 nitrogen and oxygen atoms in total. The van der Waals surface area contributed by atoms with Gasteiger partial charge in [-0.3, -0.25) is 10.2 Å². The highest BCUT2D eigenvalue weighted by Crippen LogP contribution is 2.35. The molecule has 0 saturated heterocycles. The first kappa shape index (κ1) is 15.3. The Bertz CT molecular complexity index is 973. The lowest BCUT2D eigenvalue weighted by atomic mass is 10.0. The molecule has 0 amide bonds. The van der Waals surface area contributed by atoms with Gasteiger partial charge in [-0.05, 0) is 37.5 Å². The monoisotopic (exact) mass is 356 g/mol. The standard InChI is InChI=1S/C17H16N4OS2/c1-10-13(11-5-3-2-4-6-11)14-15(24-10)18-9-21(16(14)22)20-17(23)19-12-7-8-12/h2-6,9,12H,7-8H2,1H3,(H2,19,20,23). The topological polar surface area (TPSA) is 59.0 Å². The second-order valence-electron chi connectivity index (χ2n) is 5.86. The summed E-state index contributed by atoms with van der Waals surface area (Å²) in [5, 5.41) is 4.25. The van der Waals surface area contributed by atoms with E-state index < -0.39 is 0 Å². The van der Waals surface area contributed by atoms with Crippen LogP contribution in [0.15, 0.2) is 41.5 Å². The van der Waals surface area contributed by atoms with E-state index in [1.165, 1.54) is 22.3 Å². The zero-order valence-electron chi connectivity index (χ0n) is 13.1. The van der Waals surface area contributed by atoms with E-state index >= 15 is 0 Å². The number of hydrogen-bond acceptors (Lipinski definition) is 4. The molecule has 2 aromatic heterocycles. The number of thiophene rings is 1. The number of fused-ring (bicyclic) bond motifs is 1. The molecular formula is C17H16N4OS2. The summed E-state index contributed by atoms with van der Waals surface area (Å²) in [7, 11) is 0. The van der Waals surface area contributed by atoms with E-state index in [9.17, 15) is 4.79 Å². The van der Waals surface area contributed by atoms with Crippen molar-refractivity contribution in [3.05, 3.63) is 51.9 Å². The lowest BCUT2D eigenvalue weighted by Crippen LogP contribution is -2.40. The van der Waals surface area contributed by atoms with Crippen LogP contribution in [-0.4, -0.2) is 20.8 Å². The van der Waals surface area contributed by atoms with Gasteiger partial charge in [0.05, 0.1) is 5.39 Å². The molecule has 7 heteroatoms. The Kier molecular flexibility index (Phi) is 3.82. The molecule has 24 heavy (non-hydrogen) atoms. The van der Waals surface area contributed by atoms with Gasteiger partial charge in [0.15, 0.2) is 5.11 Å². The Labute approximate surface area is 148 Å². The van der Waals surface area contributed by atoms with Crippen LogP contribution in [-0.2, 0) is 0 Å². The van der Waals surface area contributed by atoms with E-state index in [0.29, 0.717) is 16.5 Å². The van der Waals surface area contributed by atoms with Crippen LogP contribution < -0.4 is 16.3 Å². The second kappa shape index (κ2) is 5.99. The van der Waals surface area contributed by atoms with Crippen LogP contribution in [0, 0.1) is 6.92 Å². The summed E-state index contributed by atoms with van der Waals surface area (Å²) in [5.74, 6) is 0. The summed E-state index contributed by atoms with van der Waals surface area (Å²) >= 11 is 6.79. The van der Waals surface area contributed by atoms with Crippen molar-refractivity contribution in [2.24, 2.45) is 0 Å². The third kappa shape index (κ3) is 2.81. The fraction of sp³-hybridized carbons (Fsp3) is 0.235. The minimum absolute atomic E-state index is 0.136. The Hall–Kier alpha value is -2.25. The van der Waals surface area contributed by atoms with Crippen molar-refractivity contribution in [1.82, 2.24) is 15.0 Å². The van der Waals surface area contributed by atoms with Crippen molar-refractivity contribution < 1.29 is 0 Å². The van der Waals surface area contributed by atoms with Crippen molar-refractivity contribution in [2.45, 2.75) is 25.8 Å². The van der Waals surface area contributed by atoms with Crippen molar-refractivity contribution in [3.63, 3.8) is 0 Å². The van der Waals surface area contributed by atoms with Crippen molar-refractivity contribution in [2.75, 3.05) is 5.43 Å². The molecule has 1 aliphatic rings. The van der Waals surface area contributed by atoms with Gasteiger partial charge in [-0.1, -0.05) is 30.3 Å². The number of aromatic nitrogens is 2. The maximum absolute atomic E-state index is 13.0. The number of rotatable bonds is 3. The molecule has 1 fully saturated rings. The molecule has 0 spiro atoms. The van der Waals surface area contributed by atoms with E-state index in [0.717, 1.165) is 33.7 Å². The molecule has 0 unspecified atom stereocenters. The lowest BCUT2D eigenvalue weighted by molar-refractivity contribution is 0.851. The van der Waals surface area contributed by atoms with Gasteiger partial charge in [-0.15, -0.1) is 11.3 Å². The van der Waals surface area contributed by atoms with E-state index in [4.69, 9.17) is 12.2 Å². The summed E-state index contributed by atoms with van der Waals surface area (Å²) < 4.78 is 1.36. The Morgan fingerprint density at radius 2 is 2.08 bits per heavy atom. The van der Waals surface area contributed by atoms with Gasteiger partial charge in [-0.25, -0.2) is 9.66 Å². The lowest BCUT2D eigenvalue weighted by Gasteiger charge is -2.11. The minimum Gasteiger partial charge on any atom is -0.359 e. The predicted molar refractivity (Wildman–Crippen MR) is 102 cm³/mol. The normalized spacial score (nSPS) is 13.9.